The van der Waals surface area contributed by atoms with Gasteiger partial charge in [-0.1, -0.05) is 11.6 Å². The number of aliphatic imine (C=N–C) groups is 1. The molecule has 10 heteroatoms. The quantitative estimate of drug-likeness (QED) is 0.224. The third kappa shape index (κ3) is 3.49. The van der Waals surface area contributed by atoms with Gasteiger partial charge < -0.3 is 24.4 Å². The molecule has 0 aliphatic carbocycles. The van der Waals surface area contributed by atoms with Gasteiger partial charge in [0.25, 0.3) is 0 Å². The molecule has 1 aromatic rings. The Kier molecular flexibility index (Phi) is 5.45. The molecule has 0 aliphatic heterocycles. The first kappa shape index (κ1) is 14.9. The van der Waals surface area contributed by atoms with Crippen LogP contribution in [0.3, 0.4) is 0 Å². The number of carbonyl (C=O) groups is 1. The maximum atomic E-state index is 11.3. The predicted octanol–water partition coefficient (Wildman–Crippen LogP) is -4.18. The van der Waals surface area contributed by atoms with Crippen molar-refractivity contribution in [3.05, 3.63) is 10.8 Å². The van der Waals surface area contributed by atoms with Crippen molar-refractivity contribution in [2.24, 2.45) is 16.5 Å². The van der Waals surface area contributed by atoms with Crippen LogP contribution >= 0.6 is 11.6 Å². The number of hydrogen-bond acceptors (Lipinski definition) is 5. The Balaban J connectivity index is 0. The molecule has 82 valence electrons. The zero-order valence-corrected chi connectivity index (χ0v) is 11.2. The van der Waals surface area contributed by atoms with Crippen LogP contribution in [0.4, 0.5) is 11.6 Å². The summed E-state index contributed by atoms with van der Waals surface area (Å²) in [4.78, 5) is 21.7. The van der Waals surface area contributed by atoms with Gasteiger partial charge in [0, 0.05) is 0 Å². The Hall–Kier alpha value is -1.09. The van der Waals surface area contributed by atoms with Crippen LogP contribution in [0.1, 0.15) is 11.9 Å². The molecule has 0 fully saturated rings. The number of nitrogen functional groups attached to an aromatic ring is 2. The number of nitrogens with zero attached hydrogens (tertiary/aromatic N) is 3. The second-order valence-corrected chi connectivity index (χ2v) is 2.83. The number of carbonyl (C=O) groups excluding carboxylic acids is 1. The third-order valence-electron chi connectivity index (χ3n) is 1.34. The molecule has 0 atom stereocenters. The monoisotopic (exact) mass is 253 g/mol. The average Bonchev–Trinajstić information content (AvgIpc) is 2.09. The van der Waals surface area contributed by atoms with Crippen molar-refractivity contribution >= 4 is 35.1 Å². The van der Waals surface area contributed by atoms with Gasteiger partial charge in [-0.05, 0) is 0 Å². The molecular formula is C6H9ClN7NaO. The first-order valence-corrected chi connectivity index (χ1v) is 4.02. The van der Waals surface area contributed by atoms with E-state index in [9.17, 15) is 4.79 Å². The zero-order chi connectivity index (χ0) is 11.6. The van der Waals surface area contributed by atoms with E-state index < -0.39 is 11.9 Å². The van der Waals surface area contributed by atoms with Gasteiger partial charge >= 0.3 is 35.5 Å². The summed E-state index contributed by atoms with van der Waals surface area (Å²) in [5, 5.41) is -0.140. The van der Waals surface area contributed by atoms with Crippen molar-refractivity contribution in [1.82, 2.24) is 9.97 Å². The maximum Gasteiger partial charge on any atom is 1.00 e. The van der Waals surface area contributed by atoms with Crippen LogP contribution in [-0.4, -0.2) is 21.8 Å². The molecule has 0 saturated carbocycles. The van der Waals surface area contributed by atoms with Gasteiger partial charge in [-0.2, -0.15) is 4.99 Å². The molecule has 0 bridgehead atoms. The number of nitrogens with two attached hydrogens (primary N) is 4. The smallest absolute Gasteiger partial charge is 1.00 e. The van der Waals surface area contributed by atoms with Crippen LogP contribution in [0.25, 0.3) is 0 Å². The molecular weight excluding hydrogens is 245 g/mol. The number of rotatable bonds is 1. The van der Waals surface area contributed by atoms with Gasteiger partial charge in [-0.3, -0.25) is 4.79 Å². The Morgan fingerprint density at radius 2 is 1.81 bits per heavy atom. The summed E-state index contributed by atoms with van der Waals surface area (Å²) in [6.45, 7) is 0. The van der Waals surface area contributed by atoms with Crippen molar-refractivity contribution in [3.63, 3.8) is 0 Å². The molecule has 0 spiro atoms. The first-order valence-electron chi connectivity index (χ1n) is 3.64. The van der Waals surface area contributed by atoms with E-state index in [4.69, 9.17) is 34.5 Å². The summed E-state index contributed by atoms with van der Waals surface area (Å²) in [6, 6.07) is 0. The van der Waals surface area contributed by atoms with Crippen molar-refractivity contribution < 1.29 is 35.8 Å². The molecule has 8 N–H and O–H groups in total. The standard InChI is InChI=1S/C6H8ClN7O.Na.H/c7-2-4(9)13-3(8)1(12-2)5(15)14-6(10)11;;/h(H4,8,9,13)(H4,10,11,14,15);;/q;+1;-1. The van der Waals surface area contributed by atoms with Crippen molar-refractivity contribution in [2.75, 3.05) is 11.5 Å². The number of guanidine groups is 1. The summed E-state index contributed by atoms with van der Waals surface area (Å²) in [5.74, 6) is -1.50. The van der Waals surface area contributed by atoms with E-state index in [1.807, 2.05) is 0 Å². The predicted molar refractivity (Wildman–Crippen MR) is 57.1 cm³/mol. The van der Waals surface area contributed by atoms with E-state index in [0.717, 1.165) is 0 Å². The van der Waals surface area contributed by atoms with Crippen LogP contribution in [0.2, 0.25) is 5.15 Å². The summed E-state index contributed by atoms with van der Waals surface area (Å²) in [7, 11) is 0. The minimum atomic E-state index is -0.832. The SMILES string of the molecule is NC(N)=NC(=O)c1nc(Cl)c(N)nc1N.[H-].[Na+]. The fraction of sp³-hybridized carbons (Fsp3) is 0. The topological polar surface area (TPSA) is 159 Å². The number of hydrogen-bond donors (Lipinski definition) is 4. The number of amides is 1. The summed E-state index contributed by atoms with van der Waals surface area (Å²) < 4.78 is 0. The molecule has 8 nitrogen and oxygen atoms in total. The van der Waals surface area contributed by atoms with E-state index in [2.05, 4.69) is 15.0 Å². The molecule has 0 saturated heterocycles. The van der Waals surface area contributed by atoms with Crippen LogP contribution in [-0.2, 0) is 0 Å². The van der Waals surface area contributed by atoms with Gasteiger partial charge in [-0.25, -0.2) is 9.97 Å². The third-order valence-corrected chi connectivity index (χ3v) is 1.62. The minimum absolute atomic E-state index is 0. The van der Waals surface area contributed by atoms with Crippen LogP contribution in [0.5, 0.6) is 0 Å². The summed E-state index contributed by atoms with van der Waals surface area (Å²) >= 11 is 5.55. The molecule has 16 heavy (non-hydrogen) atoms. The van der Waals surface area contributed by atoms with Crippen molar-refractivity contribution in [3.8, 4) is 0 Å². The molecule has 1 aromatic heterocycles. The minimum Gasteiger partial charge on any atom is -1.00 e. The fourth-order valence-electron chi connectivity index (χ4n) is 0.769. The van der Waals surface area contributed by atoms with E-state index in [1.165, 1.54) is 0 Å². The molecule has 0 aromatic carbocycles. The first-order chi connectivity index (χ1) is 6.91. The molecule has 0 unspecified atom stereocenters. The largest absolute Gasteiger partial charge is 1.00 e. The van der Waals surface area contributed by atoms with E-state index >= 15 is 0 Å². The fourth-order valence-corrected chi connectivity index (χ4v) is 0.896. The molecule has 0 radical (unpaired) electrons. The zero-order valence-electron chi connectivity index (χ0n) is 9.44. The van der Waals surface area contributed by atoms with Gasteiger partial charge in [0.1, 0.15) is 0 Å². The molecule has 1 amide bonds. The van der Waals surface area contributed by atoms with Crippen LogP contribution in [0, 0.1) is 0 Å². The Morgan fingerprint density at radius 1 is 1.25 bits per heavy atom. The van der Waals surface area contributed by atoms with Crippen molar-refractivity contribution in [1.29, 1.82) is 0 Å². The maximum absolute atomic E-state index is 11.3. The Labute approximate surface area is 119 Å². The number of anilines is 2. The van der Waals surface area contributed by atoms with Gasteiger partial charge in [0.15, 0.2) is 28.4 Å². The average molecular weight is 254 g/mol. The summed E-state index contributed by atoms with van der Waals surface area (Å²) in [6.07, 6.45) is 0. The second-order valence-electron chi connectivity index (χ2n) is 2.48. The Bertz CT molecular complexity index is 450. The van der Waals surface area contributed by atoms with Gasteiger partial charge in [0.2, 0.25) is 0 Å². The second kappa shape index (κ2) is 5.85. The number of aromatic nitrogens is 2. The molecule has 0 aliphatic rings. The van der Waals surface area contributed by atoms with Crippen molar-refractivity contribution in [2.45, 2.75) is 0 Å². The van der Waals surface area contributed by atoms with E-state index in [0.29, 0.717) is 0 Å². The van der Waals surface area contributed by atoms with Crippen LogP contribution in [0.15, 0.2) is 4.99 Å². The Morgan fingerprint density at radius 3 is 2.31 bits per heavy atom. The van der Waals surface area contributed by atoms with E-state index in [1.54, 1.807) is 0 Å². The van der Waals surface area contributed by atoms with E-state index in [-0.39, 0.29) is 53.5 Å². The molecule has 1 heterocycles. The van der Waals surface area contributed by atoms with Crippen LogP contribution < -0.4 is 52.5 Å². The normalized spacial score (nSPS) is 9.06. The van der Waals surface area contributed by atoms with Gasteiger partial charge in [0.05, 0.1) is 0 Å². The number of halogens is 1. The summed E-state index contributed by atoms with van der Waals surface area (Å²) in [5.41, 5.74) is 20.5. The van der Waals surface area contributed by atoms with Gasteiger partial charge in [-0.15, -0.1) is 0 Å². The molecule has 1 rings (SSSR count).